The van der Waals surface area contributed by atoms with Crippen molar-refractivity contribution in [1.29, 1.82) is 0 Å². The lowest BCUT2D eigenvalue weighted by molar-refractivity contribution is -0.136. The van der Waals surface area contributed by atoms with E-state index in [2.05, 4.69) is 0 Å². The maximum atomic E-state index is 13.3. The molecule has 2 atom stereocenters. The fraction of sp³-hybridized carbons (Fsp3) is 0.333. The largest absolute Gasteiger partial charge is 0.466 e. The number of hydrogen-bond acceptors (Lipinski definition) is 5. The van der Waals surface area contributed by atoms with Crippen LogP contribution >= 0.6 is 11.3 Å². The van der Waals surface area contributed by atoms with E-state index in [0.29, 0.717) is 12.0 Å². The van der Waals surface area contributed by atoms with Crippen molar-refractivity contribution in [2.24, 2.45) is 0 Å². The first kappa shape index (κ1) is 20.4. The van der Waals surface area contributed by atoms with Gasteiger partial charge in [-0.2, -0.15) is 0 Å². The minimum Gasteiger partial charge on any atom is -0.466 e. The maximum Gasteiger partial charge on any atom is 0.415 e. The third-order valence-corrected chi connectivity index (χ3v) is 6.22. The number of carbonyl (C=O) groups excluding carboxylic acids is 2. The monoisotopic (exact) mass is 423 g/mol. The first-order chi connectivity index (χ1) is 14.3. The van der Waals surface area contributed by atoms with Gasteiger partial charge in [-0.05, 0) is 50.3 Å². The van der Waals surface area contributed by atoms with Gasteiger partial charge in [0.15, 0.2) is 0 Å². The Bertz CT molecular complexity index is 1030. The van der Waals surface area contributed by atoms with Crippen LogP contribution in [-0.4, -0.2) is 30.8 Å². The molecule has 30 heavy (non-hydrogen) atoms. The summed E-state index contributed by atoms with van der Waals surface area (Å²) in [6.07, 6.45) is 4.07. The number of methoxy groups -OCH3 is 1. The van der Waals surface area contributed by atoms with Crippen LogP contribution in [0.1, 0.15) is 43.6 Å². The van der Waals surface area contributed by atoms with Gasteiger partial charge in [0.25, 0.3) is 0 Å². The summed E-state index contributed by atoms with van der Waals surface area (Å²) < 4.78 is 10.8. The zero-order valence-electron chi connectivity index (χ0n) is 17.5. The van der Waals surface area contributed by atoms with Crippen molar-refractivity contribution in [2.45, 2.75) is 44.8 Å². The van der Waals surface area contributed by atoms with Crippen molar-refractivity contribution in [3.05, 3.63) is 69.9 Å². The fourth-order valence-corrected chi connectivity index (χ4v) is 4.91. The van der Waals surface area contributed by atoms with Gasteiger partial charge in [0.1, 0.15) is 5.60 Å². The van der Waals surface area contributed by atoms with Crippen LogP contribution in [0.3, 0.4) is 0 Å². The molecule has 2 aliphatic rings. The van der Waals surface area contributed by atoms with Crippen molar-refractivity contribution < 1.29 is 19.1 Å². The van der Waals surface area contributed by atoms with Crippen LogP contribution in [0, 0.1) is 0 Å². The van der Waals surface area contributed by atoms with Crippen LogP contribution < -0.4 is 4.90 Å². The summed E-state index contributed by atoms with van der Waals surface area (Å²) in [5.41, 5.74) is 2.84. The van der Waals surface area contributed by atoms with Crippen LogP contribution in [0.15, 0.2) is 59.5 Å². The molecular weight excluding hydrogens is 398 g/mol. The second-order valence-corrected chi connectivity index (χ2v) is 9.38. The highest BCUT2D eigenvalue weighted by molar-refractivity contribution is 7.10. The molecule has 0 spiro atoms. The Morgan fingerprint density at radius 1 is 1.13 bits per heavy atom. The second kappa shape index (κ2) is 7.76. The molecule has 6 heteroatoms. The van der Waals surface area contributed by atoms with E-state index in [1.807, 2.05) is 74.7 Å². The van der Waals surface area contributed by atoms with Gasteiger partial charge in [0.2, 0.25) is 0 Å². The SMILES string of the molecule is COC(=O)C1=C[C@@H](c2cccs2)[C@@H]2C(=CC1)c1ccccc1N2C(=O)OC(C)(C)C. The number of anilines is 1. The smallest absolute Gasteiger partial charge is 0.415 e. The van der Waals surface area contributed by atoms with Gasteiger partial charge in [0, 0.05) is 21.9 Å². The molecule has 0 saturated carbocycles. The Kier molecular flexibility index (Phi) is 5.28. The van der Waals surface area contributed by atoms with E-state index in [1.54, 1.807) is 16.2 Å². The van der Waals surface area contributed by atoms with Crippen molar-refractivity contribution in [3.8, 4) is 0 Å². The number of fused-ring (bicyclic) bond motifs is 3. The summed E-state index contributed by atoms with van der Waals surface area (Å²) in [4.78, 5) is 28.5. The first-order valence-corrected chi connectivity index (χ1v) is 10.8. The molecule has 1 aliphatic carbocycles. The highest BCUT2D eigenvalue weighted by atomic mass is 32.1. The molecule has 5 nitrogen and oxygen atoms in total. The van der Waals surface area contributed by atoms with Crippen molar-refractivity contribution in [1.82, 2.24) is 0 Å². The number of thiophene rings is 1. The number of benzene rings is 1. The van der Waals surface area contributed by atoms with Gasteiger partial charge in [-0.1, -0.05) is 36.4 Å². The fourth-order valence-electron chi connectivity index (χ4n) is 4.08. The average molecular weight is 424 g/mol. The number of ether oxygens (including phenoxy) is 2. The van der Waals surface area contributed by atoms with Crippen molar-refractivity contribution in [3.63, 3.8) is 0 Å². The average Bonchev–Trinajstić information content (AvgIpc) is 3.29. The minimum absolute atomic E-state index is 0.187. The molecule has 2 heterocycles. The molecule has 1 aliphatic heterocycles. The summed E-state index contributed by atoms with van der Waals surface area (Å²) in [6.45, 7) is 5.59. The number of allylic oxidation sites excluding steroid dienone is 1. The minimum atomic E-state index is -0.616. The molecule has 0 radical (unpaired) electrons. The van der Waals surface area contributed by atoms with E-state index < -0.39 is 5.60 Å². The number of amides is 1. The Hall–Kier alpha value is -2.86. The van der Waals surface area contributed by atoms with Gasteiger partial charge >= 0.3 is 12.1 Å². The summed E-state index contributed by atoms with van der Waals surface area (Å²) in [7, 11) is 1.39. The Labute approximate surface area is 180 Å². The molecule has 0 N–H and O–H groups in total. The van der Waals surface area contributed by atoms with Crippen LogP contribution in [0.4, 0.5) is 10.5 Å². The van der Waals surface area contributed by atoms with Gasteiger partial charge in [-0.25, -0.2) is 9.59 Å². The summed E-state index contributed by atoms with van der Waals surface area (Å²) in [6, 6.07) is 11.6. The van der Waals surface area contributed by atoms with Crippen LogP contribution in [0.2, 0.25) is 0 Å². The van der Waals surface area contributed by atoms with Crippen molar-refractivity contribution >= 4 is 34.7 Å². The molecule has 0 bridgehead atoms. The Balaban J connectivity index is 1.88. The van der Waals surface area contributed by atoms with Crippen molar-refractivity contribution in [2.75, 3.05) is 12.0 Å². The molecule has 2 aromatic rings. The number of hydrogen-bond donors (Lipinski definition) is 0. The Morgan fingerprint density at radius 3 is 2.57 bits per heavy atom. The normalized spacial score (nSPS) is 20.5. The Morgan fingerprint density at radius 2 is 1.90 bits per heavy atom. The molecule has 4 rings (SSSR count). The van der Waals surface area contributed by atoms with Gasteiger partial charge in [-0.15, -0.1) is 11.3 Å². The number of carbonyl (C=O) groups is 2. The van der Waals surface area contributed by atoms with E-state index in [9.17, 15) is 9.59 Å². The predicted molar refractivity (Wildman–Crippen MR) is 119 cm³/mol. The summed E-state index contributed by atoms with van der Waals surface area (Å²) >= 11 is 1.61. The molecule has 156 valence electrons. The first-order valence-electron chi connectivity index (χ1n) is 9.94. The van der Waals surface area contributed by atoms with E-state index in [-0.39, 0.29) is 24.0 Å². The standard InChI is InChI=1S/C24H25NO4S/c1-24(2,3)29-23(27)25-19-9-6-5-8-16(19)17-12-11-15(22(26)28-4)14-18(21(17)25)20-10-7-13-30-20/h5-10,12-14,18,21H,11H2,1-4H3/t18-,21-/m0/s1. The van der Waals surface area contributed by atoms with E-state index in [0.717, 1.165) is 21.7 Å². The number of esters is 1. The third kappa shape index (κ3) is 3.67. The highest BCUT2D eigenvalue weighted by Crippen LogP contribution is 2.49. The van der Waals surface area contributed by atoms with Gasteiger partial charge in [-0.3, -0.25) is 4.90 Å². The van der Waals surface area contributed by atoms with E-state index >= 15 is 0 Å². The lowest BCUT2D eigenvalue weighted by Crippen LogP contribution is -2.43. The molecule has 1 amide bonds. The van der Waals surface area contributed by atoms with E-state index in [1.165, 1.54) is 7.11 Å². The molecule has 0 unspecified atom stereocenters. The number of para-hydroxylation sites is 1. The summed E-state index contributed by atoms with van der Waals surface area (Å²) in [5, 5.41) is 2.01. The summed E-state index contributed by atoms with van der Waals surface area (Å²) in [5.74, 6) is -0.529. The number of rotatable bonds is 2. The van der Waals surface area contributed by atoms with Gasteiger partial charge in [0.05, 0.1) is 18.8 Å². The molecule has 0 fully saturated rings. The predicted octanol–water partition coefficient (Wildman–Crippen LogP) is 5.54. The van der Waals surface area contributed by atoms with Gasteiger partial charge < -0.3 is 9.47 Å². The van der Waals surface area contributed by atoms with Crippen LogP contribution in [0.25, 0.3) is 5.57 Å². The topological polar surface area (TPSA) is 55.8 Å². The quantitative estimate of drug-likeness (QED) is 0.595. The molecule has 1 aromatic heterocycles. The molecule has 1 aromatic carbocycles. The molecular formula is C24H25NO4S. The molecule has 0 saturated heterocycles. The lowest BCUT2D eigenvalue weighted by Gasteiger charge is -2.32. The second-order valence-electron chi connectivity index (χ2n) is 8.40. The lowest BCUT2D eigenvalue weighted by atomic mass is 9.90. The van der Waals surface area contributed by atoms with Crippen LogP contribution in [0.5, 0.6) is 0 Å². The number of nitrogens with zero attached hydrogens (tertiary/aromatic N) is 1. The highest BCUT2D eigenvalue weighted by Gasteiger charge is 2.45. The third-order valence-electron chi connectivity index (χ3n) is 5.24. The zero-order valence-corrected chi connectivity index (χ0v) is 18.4. The maximum absolute atomic E-state index is 13.3. The van der Waals surface area contributed by atoms with Crippen LogP contribution in [-0.2, 0) is 14.3 Å². The van der Waals surface area contributed by atoms with E-state index in [4.69, 9.17) is 9.47 Å². The zero-order chi connectivity index (χ0) is 21.5.